The van der Waals surface area contributed by atoms with E-state index in [0.717, 1.165) is 18.5 Å². The number of carbonyl (C=O) groups is 2. The smallest absolute Gasteiger partial charge is 0.280 e. The lowest BCUT2D eigenvalue weighted by Gasteiger charge is -2.27. The molecule has 0 radical (unpaired) electrons. The largest absolute Gasteiger partial charge is 0.494 e. The fourth-order valence-corrected chi connectivity index (χ4v) is 3.17. The summed E-state index contributed by atoms with van der Waals surface area (Å²) in [7, 11) is 0. The van der Waals surface area contributed by atoms with Gasteiger partial charge >= 0.3 is 0 Å². The topological polar surface area (TPSA) is 111 Å². The van der Waals surface area contributed by atoms with Crippen molar-refractivity contribution in [3.05, 3.63) is 69.3 Å². The van der Waals surface area contributed by atoms with Crippen LogP contribution in [0.4, 0.5) is 5.69 Å². The fourth-order valence-electron chi connectivity index (χ4n) is 3.17. The molecule has 1 atom stereocenters. The molecule has 0 saturated heterocycles. The van der Waals surface area contributed by atoms with E-state index in [-0.39, 0.29) is 36.4 Å². The van der Waals surface area contributed by atoms with Gasteiger partial charge < -0.3 is 10.1 Å². The molecule has 2 N–H and O–H groups in total. The van der Waals surface area contributed by atoms with E-state index in [1.807, 2.05) is 18.2 Å². The molecule has 1 aliphatic rings. The summed E-state index contributed by atoms with van der Waals surface area (Å²) in [6.45, 7) is 1.07. The average molecular weight is 383 g/mol. The maximum absolute atomic E-state index is 12.2. The average Bonchev–Trinajstić information content (AvgIpc) is 2.71. The molecule has 1 amide bonds. The highest BCUT2D eigenvalue weighted by Crippen LogP contribution is 2.23. The molecule has 0 aliphatic carbocycles. The molecular weight excluding hydrogens is 362 g/mol. The molecule has 8 heteroatoms. The highest BCUT2D eigenvalue weighted by molar-refractivity contribution is 5.82. The quantitative estimate of drug-likeness (QED) is 0.314. The predicted molar refractivity (Wildman–Crippen MR) is 102 cm³/mol. The van der Waals surface area contributed by atoms with Gasteiger partial charge in [-0.3, -0.25) is 25.0 Å². The monoisotopic (exact) mass is 383 g/mol. The molecule has 2 aromatic carbocycles. The number of nitrogens with zero attached hydrogens (tertiary/aromatic N) is 1. The second-order valence-electron chi connectivity index (χ2n) is 6.45. The first-order valence-corrected chi connectivity index (χ1v) is 9.05. The Kier molecular flexibility index (Phi) is 6.33. The molecule has 146 valence electrons. The standard InChI is InChI=1S/C20H21N3O5/c24-13-15-12-16(7-8-18(15)23(26)27)28-11-3-6-19(25)22-20-17-5-2-1-4-14(17)9-10-21-20/h1-2,4-5,7-8,12-13,20-21H,3,6,9-11H2,(H,22,25). The summed E-state index contributed by atoms with van der Waals surface area (Å²) in [5.41, 5.74) is 2.02. The van der Waals surface area contributed by atoms with Crippen LogP contribution in [-0.2, 0) is 11.2 Å². The second kappa shape index (κ2) is 9.09. The van der Waals surface area contributed by atoms with E-state index in [9.17, 15) is 19.7 Å². The molecule has 1 unspecified atom stereocenters. The normalized spacial score (nSPS) is 15.4. The third kappa shape index (κ3) is 4.72. The van der Waals surface area contributed by atoms with Crippen LogP contribution in [0.2, 0.25) is 0 Å². The lowest BCUT2D eigenvalue weighted by molar-refractivity contribution is -0.385. The van der Waals surface area contributed by atoms with Crippen LogP contribution in [0.3, 0.4) is 0 Å². The predicted octanol–water partition coefficient (Wildman–Crippen LogP) is 2.53. The highest BCUT2D eigenvalue weighted by atomic mass is 16.6. The molecule has 0 spiro atoms. The van der Waals surface area contributed by atoms with Crippen molar-refractivity contribution in [2.75, 3.05) is 13.2 Å². The number of hydrogen-bond donors (Lipinski definition) is 2. The van der Waals surface area contributed by atoms with Crippen LogP contribution in [0, 0.1) is 10.1 Å². The number of fused-ring (bicyclic) bond motifs is 1. The minimum Gasteiger partial charge on any atom is -0.494 e. The van der Waals surface area contributed by atoms with Gasteiger partial charge in [0, 0.05) is 19.0 Å². The van der Waals surface area contributed by atoms with Crippen molar-refractivity contribution >= 4 is 17.9 Å². The first-order chi connectivity index (χ1) is 13.6. The molecule has 0 bridgehead atoms. The minimum absolute atomic E-state index is 0.0396. The summed E-state index contributed by atoms with van der Waals surface area (Å²) in [6.07, 6.45) is 1.94. The lowest BCUT2D eigenvalue weighted by Crippen LogP contribution is -2.42. The van der Waals surface area contributed by atoms with Gasteiger partial charge in [0.15, 0.2) is 6.29 Å². The van der Waals surface area contributed by atoms with Gasteiger partial charge in [-0.15, -0.1) is 0 Å². The molecule has 3 rings (SSSR count). The fraction of sp³-hybridized carbons (Fsp3) is 0.300. The van der Waals surface area contributed by atoms with Crippen LogP contribution in [0.1, 0.15) is 40.5 Å². The number of aldehydes is 1. The Morgan fingerprint density at radius 1 is 1.32 bits per heavy atom. The summed E-state index contributed by atoms with van der Waals surface area (Å²) in [6, 6.07) is 12.0. The van der Waals surface area contributed by atoms with Crippen molar-refractivity contribution in [1.29, 1.82) is 0 Å². The zero-order valence-corrected chi connectivity index (χ0v) is 15.2. The molecular formula is C20H21N3O5. The van der Waals surface area contributed by atoms with Gasteiger partial charge in [0.25, 0.3) is 5.69 Å². The first-order valence-electron chi connectivity index (χ1n) is 9.05. The number of hydrogen-bond acceptors (Lipinski definition) is 6. The van der Waals surface area contributed by atoms with E-state index in [0.29, 0.717) is 18.5 Å². The molecule has 1 heterocycles. The number of nitro groups is 1. The Morgan fingerprint density at radius 3 is 2.93 bits per heavy atom. The molecule has 1 aliphatic heterocycles. The van der Waals surface area contributed by atoms with Gasteiger partial charge in [0.05, 0.1) is 17.1 Å². The van der Waals surface area contributed by atoms with Crippen LogP contribution in [0.5, 0.6) is 5.75 Å². The Labute approximate surface area is 162 Å². The number of ether oxygens (including phenoxy) is 1. The van der Waals surface area contributed by atoms with Gasteiger partial charge in [0.2, 0.25) is 5.91 Å². The molecule has 0 fully saturated rings. The number of nitro benzene ring substituents is 1. The third-order valence-corrected chi connectivity index (χ3v) is 4.55. The van der Waals surface area contributed by atoms with Crippen LogP contribution in [0.15, 0.2) is 42.5 Å². The summed E-state index contributed by atoms with van der Waals surface area (Å²) in [5.74, 6) is 0.270. The van der Waals surface area contributed by atoms with Crippen molar-refractivity contribution in [2.45, 2.75) is 25.4 Å². The van der Waals surface area contributed by atoms with Crippen molar-refractivity contribution < 1.29 is 19.2 Å². The third-order valence-electron chi connectivity index (χ3n) is 4.55. The zero-order chi connectivity index (χ0) is 19.9. The van der Waals surface area contributed by atoms with E-state index in [2.05, 4.69) is 16.7 Å². The summed E-state index contributed by atoms with van der Waals surface area (Å²) < 4.78 is 5.50. The maximum atomic E-state index is 12.2. The Balaban J connectivity index is 1.46. The first kappa shape index (κ1) is 19.5. The number of amides is 1. The SMILES string of the molecule is O=Cc1cc(OCCCC(=O)NC2NCCc3ccccc32)ccc1[N+](=O)[O-]. The van der Waals surface area contributed by atoms with E-state index in [1.54, 1.807) is 0 Å². The minimum atomic E-state index is -0.616. The summed E-state index contributed by atoms with van der Waals surface area (Å²) in [4.78, 5) is 33.4. The van der Waals surface area contributed by atoms with E-state index in [4.69, 9.17) is 4.74 Å². The van der Waals surface area contributed by atoms with E-state index < -0.39 is 4.92 Å². The van der Waals surface area contributed by atoms with Crippen LogP contribution in [0.25, 0.3) is 0 Å². The van der Waals surface area contributed by atoms with Crippen molar-refractivity contribution in [3.63, 3.8) is 0 Å². The van der Waals surface area contributed by atoms with Gasteiger partial charge in [0.1, 0.15) is 11.9 Å². The number of nitrogens with one attached hydrogen (secondary N) is 2. The maximum Gasteiger partial charge on any atom is 0.280 e. The number of benzene rings is 2. The van der Waals surface area contributed by atoms with Crippen molar-refractivity contribution in [1.82, 2.24) is 10.6 Å². The van der Waals surface area contributed by atoms with E-state index in [1.165, 1.54) is 23.8 Å². The molecule has 0 aromatic heterocycles. The zero-order valence-electron chi connectivity index (χ0n) is 15.2. The highest BCUT2D eigenvalue weighted by Gasteiger charge is 2.20. The van der Waals surface area contributed by atoms with Crippen LogP contribution in [-0.4, -0.2) is 30.3 Å². The van der Waals surface area contributed by atoms with Crippen molar-refractivity contribution in [2.24, 2.45) is 0 Å². The number of rotatable bonds is 8. The molecule has 2 aromatic rings. The molecule has 28 heavy (non-hydrogen) atoms. The Hall–Kier alpha value is -3.26. The Bertz CT molecular complexity index is 884. The molecule has 8 nitrogen and oxygen atoms in total. The van der Waals surface area contributed by atoms with Crippen LogP contribution < -0.4 is 15.4 Å². The second-order valence-corrected chi connectivity index (χ2v) is 6.45. The summed E-state index contributed by atoms with van der Waals surface area (Å²) in [5, 5.41) is 17.1. The van der Waals surface area contributed by atoms with Crippen LogP contribution >= 0.6 is 0 Å². The lowest BCUT2D eigenvalue weighted by atomic mass is 9.98. The van der Waals surface area contributed by atoms with Gasteiger partial charge in [-0.2, -0.15) is 0 Å². The Morgan fingerprint density at radius 2 is 2.14 bits per heavy atom. The van der Waals surface area contributed by atoms with E-state index >= 15 is 0 Å². The van der Waals surface area contributed by atoms with Crippen molar-refractivity contribution in [3.8, 4) is 5.75 Å². The number of carbonyl (C=O) groups excluding carboxylic acids is 2. The molecule has 0 saturated carbocycles. The van der Waals surface area contributed by atoms with Gasteiger partial charge in [-0.25, -0.2) is 0 Å². The van der Waals surface area contributed by atoms with Gasteiger partial charge in [-0.1, -0.05) is 24.3 Å². The van der Waals surface area contributed by atoms with Gasteiger partial charge in [-0.05, 0) is 36.1 Å². The summed E-state index contributed by atoms with van der Waals surface area (Å²) >= 11 is 0.